The van der Waals surface area contributed by atoms with E-state index in [1.165, 1.54) is 0 Å². The molecule has 23 heavy (non-hydrogen) atoms. The summed E-state index contributed by atoms with van der Waals surface area (Å²) in [5, 5.41) is 0.966. The predicted molar refractivity (Wildman–Crippen MR) is 87.4 cm³/mol. The first-order valence-corrected chi connectivity index (χ1v) is 7.87. The van der Waals surface area contributed by atoms with Gasteiger partial charge in [-0.05, 0) is 13.0 Å². The number of aromatic nitrogens is 1. The van der Waals surface area contributed by atoms with Crippen LogP contribution in [0.15, 0.2) is 30.5 Å². The molecule has 1 aliphatic heterocycles. The van der Waals surface area contributed by atoms with Gasteiger partial charge in [-0.3, -0.25) is 4.79 Å². The summed E-state index contributed by atoms with van der Waals surface area (Å²) in [4.78, 5) is 28.0. The zero-order chi connectivity index (χ0) is 16.4. The van der Waals surface area contributed by atoms with Crippen LogP contribution < -0.4 is 0 Å². The van der Waals surface area contributed by atoms with Crippen molar-refractivity contribution in [3.05, 3.63) is 36.0 Å². The van der Waals surface area contributed by atoms with Crippen LogP contribution in [-0.4, -0.2) is 59.2 Å². The molecule has 1 aromatic carbocycles. The molecule has 2 amide bonds. The SMILES string of the molecule is CCOC(=O)N1CCN(C(=O)c2cn(C)c3ccccc23)CC1. The van der Waals surface area contributed by atoms with E-state index in [1.807, 2.05) is 42.1 Å². The van der Waals surface area contributed by atoms with Crippen LogP contribution in [0.4, 0.5) is 4.79 Å². The number of benzene rings is 1. The molecule has 122 valence electrons. The number of ether oxygens (including phenoxy) is 1. The lowest BCUT2D eigenvalue weighted by atomic mass is 10.1. The zero-order valence-electron chi connectivity index (χ0n) is 13.5. The maximum absolute atomic E-state index is 12.8. The zero-order valence-corrected chi connectivity index (χ0v) is 13.5. The van der Waals surface area contributed by atoms with Gasteiger partial charge in [-0.2, -0.15) is 0 Å². The third-order valence-electron chi connectivity index (χ3n) is 4.22. The molecule has 2 heterocycles. The van der Waals surface area contributed by atoms with Gasteiger partial charge in [0, 0.05) is 50.3 Å². The largest absolute Gasteiger partial charge is 0.450 e. The molecule has 0 bridgehead atoms. The average Bonchev–Trinajstić information content (AvgIpc) is 2.92. The van der Waals surface area contributed by atoms with Crippen molar-refractivity contribution in [2.45, 2.75) is 6.92 Å². The molecule has 1 fully saturated rings. The van der Waals surface area contributed by atoms with Crippen LogP contribution in [0, 0.1) is 0 Å². The standard InChI is InChI=1S/C17H21N3O3/c1-3-23-17(22)20-10-8-19(9-11-20)16(21)14-12-18(2)15-7-5-4-6-13(14)15/h4-7,12H,3,8-11H2,1-2H3. The highest BCUT2D eigenvalue weighted by atomic mass is 16.6. The number of hydrogen-bond donors (Lipinski definition) is 0. The molecule has 2 aromatic rings. The molecule has 0 N–H and O–H groups in total. The number of rotatable bonds is 2. The number of fused-ring (bicyclic) bond motifs is 1. The normalized spacial score (nSPS) is 15.0. The van der Waals surface area contributed by atoms with Gasteiger partial charge in [0.2, 0.25) is 0 Å². The van der Waals surface area contributed by atoms with Crippen LogP contribution >= 0.6 is 0 Å². The van der Waals surface area contributed by atoms with Crippen molar-refractivity contribution in [2.75, 3.05) is 32.8 Å². The van der Waals surface area contributed by atoms with Gasteiger partial charge < -0.3 is 19.1 Å². The minimum Gasteiger partial charge on any atom is -0.450 e. The van der Waals surface area contributed by atoms with Crippen LogP contribution in [0.3, 0.4) is 0 Å². The molecule has 0 unspecified atom stereocenters. The van der Waals surface area contributed by atoms with Crippen LogP contribution in [0.2, 0.25) is 0 Å². The molecule has 6 nitrogen and oxygen atoms in total. The Morgan fingerprint density at radius 2 is 1.74 bits per heavy atom. The Bertz CT molecular complexity index is 730. The smallest absolute Gasteiger partial charge is 0.409 e. The van der Waals surface area contributed by atoms with Crippen molar-refractivity contribution in [3.8, 4) is 0 Å². The summed E-state index contributed by atoms with van der Waals surface area (Å²) < 4.78 is 6.97. The van der Waals surface area contributed by atoms with E-state index in [0.29, 0.717) is 38.3 Å². The minimum atomic E-state index is -0.301. The van der Waals surface area contributed by atoms with Gasteiger partial charge in [0.15, 0.2) is 0 Å². The molecule has 1 aliphatic rings. The second-order valence-electron chi connectivity index (χ2n) is 5.65. The molecular weight excluding hydrogens is 294 g/mol. The van der Waals surface area contributed by atoms with Crippen LogP contribution in [0.1, 0.15) is 17.3 Å². The molecule has 1 saturated heterocycles. The summed E-state index contributed by atoms with van der Waals surface area (Å²) >= 11 is 0. The maximum Gasteiger partial charge on any atom is 0.409 e. The summed E-state index contributed by atoms with van der Waals surface area (Å²) in [6.45, 7) is 4.23. The first-order valence-electron chi connectivity index (χ1n) is 7.87. The van der Waals surface area contributed by atoms with Crippen molar-refractivity contribution in [1.29, 1.82) is 0 Å². The summed E-state index contributed by atoms with van der Waals surface area (Å²) in [6, 6.07) is 7.88. The van der Waals surface area contributed by atoms with Crippen molar-refractivity contribution in [2.24, 2.45) is 7.05 Å². The van der Waals surface area contributed by atoms with Crippen LogP contribution in [-0.2, 0) is 11.8 Å². The first kappa shape index (κ1) is 15.4. The highest BCUT2D eigenvalue weighted by Crippen LogP contribution is 2.22. The topological polar surface area (TPSA) is 54.8 Å². The van der Waals surface area contributed by atoms with E-state index in [-0.39, 0.29) is 12.0 Å². The minimum absolute atomic E-state index is 0.0188. The average molecular weight is 315 g/mol. The lowest BCUT2D eigenvalue weighted by Gasteiger charge is -2.34. The Morgan fingerprint density at radius 1 is 1.09 bits per heavy atom. The van der Waals surface area contributed by atoms with E-state index in [2.05, 4.69) is 0 Å². The Hall–Kier alpha value is -2.50. The van der Waals surface area contributed by atoms with E-state index in [0.717, 1.165) is 10.9 Å². The maximum atomic E-state index is 12.8. The van der Waals surface area contributed by atoms with E-state index < -0.39 is 0 Å². The second-order valence-corrected chi connectivity index (χ2v) is 5.65. The molecule has 6 heteroatoms. The number of para-hydroxylation sites is 1. The Kier molecular flexibility index (Phi) is 4.23. The fourth-order valence-electron chi connectivity index (χ4n) is 2.99. The van der Waals surface area contributed by atoms with Crippen molar-refractivity contribution in [3.63, 3.8) is 0 Å². The summed E-state index contributed by atoms with van der Waals surface area (Å²) in [5.74, 6) is 0.0188. The predicted octanol–water partition coefficient (Wildman–Crippen LogP) is 2.09. The van der Waals surface area contributed by atoms with Gasteiger partial charge in [0.1, 0.15) is 0 Å². The number of carbonyl (C=O) groups excluding carboxylic acids is 2. The Labute approximate surface area is 135 Å². The van der Waals surface area contributed by atoms with Crippen molar-refractivity contribution in [1.82, 2.24) is 14.4 Å². The van der Waals surface area contributed by atoms with E-state index in [9.17, 15) is 9.59 Å². The monoisotopic (exact) mass is 315 g/mol. The number of nitrogens with zero attached hydrogens (tertiary/aromatic N) is 3. The van der Waals surface area contributed by atoms with Gasteiger partial charge in [-0.15, -0.1) is 0 Å². The van der Waals surface area contributed by atoms with Crippen molar-refractivity contribution < 1.29 is 14.3 Å². The first-order chi connectivity index (χ1) is 11.1. The molecule has 0 radical (unpaired) electrons. The van der Waals surface area contributed by atoms with Crippen LogP contribution in [0.5, 0.6) is 0 Å². The third-order valence-corrected chi connectivity index (χ3v) is 4.22. The lowest BCUT2D eigenvalue weighted by molar-refractivity contribution is 0.0572. The van der Waals surface area contributed by atoms with Gasteiger partial charge in [-0.25, -0.2) is 4.79 Å². The molecule has 0 atom stereocenters. The number of carbonyl (C=O) groups is 2. The quantitative estimate of drug-likeness (QED) is 0.853. The number of aryl methyl sites for hydroxylation is 1. The summed E-state index contributed by atoms with van der Waals surface area (Å²) in [7, 11) is 1.94. The molecule has 1 aromatic heterocycles. The van der Waals surface area contributed by atoms with Gasteiger partial charge >= 0.3 is 6.09 Å². The van der Waals surface area contributed by atoms with Gasteiger partial charge in [-0.1, -0.05) is 18.2 Å². The molecule has 0 saturated carbocycles. The lowest BCUT2D eigenvalue weighted by Crippen LogP contribution is -2.50. The Morgan fingerprint density at radius 3 is 2.43 bits per heavy atom. The molecule has 0 spiro atoms. The van der Waals surface area contributed by atoms with E-state index in [1.54, 1.807) is 16.7 Å². The number of hydrogen-bond acceptors (Lipinski definition) is 3. The van der Waals surface area contributed by atoms with Gasteiger partial charge in [0.05, 0.1) is 12.2 Å². The third kappa shape index (κ3) is 2.88. The number of piperazine rings is 1. The highest BCUT2D eigenvalue weighted by Gasteiger charge is 2.26. The summed E-state index contributed by atoms with van der Waals surface area (Å²) in [6.07, 6.45) is 1.58. The fraction of sp³-hybridized carbons (Fsp3) is 0.412. The fourth-order valence-corrected chi connectivity index (χ4v) is 2.99. The molecule has 0 aliphatic carbocycles. The number of amides is 2. The molecule has 3 rings (SSSR count). The highest BCUT2D eigenvalue weighted by molar-refractivity contribution is 6.07. The van der Waals surface area contributed by atoms with Gasteiger partial charge in [0.25, 0.3) is 5.91 Å². The molecular formula is C17H21N3O3. The van der Waals surface area contributed by atoms with E-state index >= 15 is 0 Å². The van der Waals surface area contributed by atoms with Crippen molar-refractivity contribution >= 4 is 22.9 Å². The van der Waals surface area contributed by atoms with Crippen LogP contribution in [0.25, 0.3) is 10.9 Å². The van der Waals surface area contributed by atoms with E-state index in [4.69, 9.17) is 4.74 Å². The summed E-state index contributed by atoms with van der Waals surface area (Å²) in [5.41, 5.74) is 1.76. The second kappa shape index (κ2) is 6.32. The Balaban J connectivity index is 1.73.